The molecule has 0 saturated heterocycles. The summed E-state index contributed by atoms with van der Waals surface area (Å²) in [5.74, 6) is -0.107. The number of aliphatic hydroxyl groups excluding tert-OH is 1. The van der Waals surface area contributed by atoms with E-state index in [9.17, 15) is 15.0 Å². The van der Waals surface area contributed by atoms with Crippen LogP contribution in [0.3, 0.4) is 0 Å². The summed E-state index contributed by atoms with van der Waals surface area (Å²) in [6.07, 6.45) is 1.17. The Morgan fingerprint density at radius 2 is 2.08 bits per heavy atom. The first-order valence-corrected chi connectivity index (χ1v) is 4.48. The number of ketones is 1. The average molecular weight is 184 g/mol. The lowest BCUT2D eigenvalue weighted by molar-refractivity contribution is -0.119. The summed E-state index contributed by atoms with van der Waals surface area (Å²) in [4.78, 5) is 11.5. The monoisotopic (exact) mass is 184 g/mol. The van der Waals surface area contributed by atoms with Crippen molar-refractivity contribution < 1.29 is 15.0 Å². The predicted molar refractivity (Wildman–Crippen MR) is 49.2 cm³/mol. The molecule has 0 radical (unpaired) electrons. The molecule has 3 nitrogen and oxygen atoms in total. The summed E-state index contributed by atoms with van der Waals surface area (Å²) in [5, 5.41) is 19.1. The first-order chi connectivity index (χ1) is 5.82. The Hall–Kier alpha value is -0.670. The number of carbonyl (C=O) groups excluding carboxylic acids is 1. The van der Waals surface area contributed by atoms with E-state index in [0.717, 1.165) is 0 Å². The molecule has 0 spiro atoms. The zero-order valence-electron chi connectivity index (χ0n) is 8.24. The van der Waals surface area contributed by atoms with E-state index in [1.807, 2.05) is 6.92 Å². The van der Waals surface area contributed by atoms with Crippen molar-refractivity contribution in [2.24, 2.45) is 5.92 Å². The van der Waals surface area contributed by atoms with Gasteiger partial charge in [-0.25, -0.2) is 0 Å². The fourth-order valence-electron chi connectivity index (χ4n) is 1.50. The van der Waals surface area contributed by atoms with E-state index in [1.165, 1.54) is 6.08 Å². The summed E-state index contributed by atoms with van der Waals surface area (Å²) in [6.45, 7) is 4.93. The highest BCUT2D eigenvalue weighted by molar-refractivity contribution is 5.98. The molecular weight excluding hydrogens is 168 g/mol. The van der Waals surface area contributed by atoms with E-state index in [4.69, 9.17) is 0 Å². The molecule has 1 aliphatic rings. The number of Topliss-reactive ketones (excluding diaryl/α,β-unsaturated/α-hetero) is 1. The van der Waals surface area contributed by atoms with Crippen molar-refractivity contribution in [3.63, 3.8) is 0 Å². The zero-order chi connectivity index (χ0) is 10.2. The van der Waals surface area contributed by atoms with Crippen molar-refractivity contribution in [1.29, 1.82) is 0 Å². The lowest BCUT2D eigenvalue weighted by Crippen LogP contribution is -2.35. The lowest BCUT2D eigenvalue weighted by Gasteiger charge is -2.28. The molecule has 3 heteroatoms. The summed E-state index contributed by atoms with van der Waals surface area (Å²) >= 11 is 0. The van der Waals surface area contributed by atoms with Gasteiger partial charge in [0.2, 0.25) is 0 Å². The Balaban J connectivity index is 2.97. The van der Waals surface area contributed by atoms with Crippen molar-refractivity contribution in [1.82, 2.24) is 0 Å². The van der Waals surface area contributed by atoms with Gasteiger partial charge >= 0.3 is 0 Å². The molecule has 0 heterocycles. The average Bonchev–Trinajstić information content (AvgIpc) is 1.94. The predicted octanol–water partition coefficient (Wildman–Crippen LogP) is 0.653. The van der Waals surface area contributed by atoms with Crippen molar-refractivity contribution in [3.8, 4) is 0 Å². The summed E-state index contributed by atoms with van der Waals surface area (Å²) in [5.41, 5.74) is -0.809. The number of hydrogen-bond acceptors (Lipinski definition) is 3. The fraction of sp³-hybridized carbons (Fsp3) is 0.700. The van der Waals surface area contributed by atoms with E-state index in [1.54, 1.807) is 13.8 Å². The third kappa shape index (κ3) is 2.17. The summed E-state index contributed by atoms with van der Waals surface area (Å²) < 4.78 is 0. The van der Waals surface area contributed by atoms with Crippen LogP contribution in [0.4, 0.5) is 0 Å². The Morgan fingerprint density at radius 3 is 2.54 bits per heavy atom. The van der Waals surface area contributed by atoms with Crippen molar-refractivity contribution in [3.05, 3.63) is 11.6 Å². The third-order valence-electron chi connectivity index (χ3n) is 2.39. The summed E-state index contributed by atoms with van der Waals surface area (Å²) in [7, 11) is 0. The smallest absolute Gasteiger partial charge is 0.161 e. The molecule has 0 amide bonds. The number of carbonyl (C=O) groups is 1. The van der Waals surface area contributed by atoms with Crippen LogP contribution in [-0.2, 0) is 4.79 Å². The Bertz CT molecular complexity index is 247. The van der Waals surface area contributed by atoms with Crippen LogP contribution in [0.5, 0.6) is 0 Å². The second-order valence-electron chi connectivity index (χ2n) is 4.23. The molecule has 0 aromatic carbocycles. The van der Waals surface area contributed by atoms with Crippen LogP contribution in [0.1, 0.15) is 27.2 Å². The van der Waals surface area contributed by atoms with E-state index >= 15 is 0 Å². The third-order valence-corrected chi connectivity index (χ3v) is 2.39. The van der Waals surface area contributed by atoms with Gasteiger partial charge in [0.15, 0.2) is 5.78 Å². The minimum Gasteiger partial charge on any atom is -0.389 e. The minimum atomic E-state index is -1.14. The van der Waals surface area contributed by atoms with Crippen LogP contribution in [0.15, 0.2) is 11.6 Å². The highest BCUT2D eigenvalue weighted by atomic mass is 16.3. The van der Waals surface area contributed by atoms with Crippen LogP contribution < -0.4 is 0 Å². The second-order valence-corrected chi connectivity index (χ2v) is 4.23. The second kappa shape index (κ2) is 3.24. The lowest BCUT2D eigenvalue weighted by atomic mass is 9.81. The molecule has 0 aromatic rings. The van der Waals surface area contributed by atoms with Crippen LogP contribution in [0.25, 0.3) is 0 Å². The maximum atomic E-state index is 11.5. The van der Waals surface area contributed by atoms with Crippen molar-refractivity contribution in [2.45, 2.75) is 38.9 Å². The van der Waals surface area contributed by atoms with Crippen LogP contribution in [0, 0.1) is 5.92 Å². The van der Waals surface area contributed by atoms with Gasteiger partial charge in [-0.2, -0.15) is 0 Å². The van der Waals surface area contributed by atoms with Crippen LogP contribution in [-0.4, -0.2) is 27.7 Å². The molecule has 2 N–H and O–H groups in total. The zero-order valence-corrected chi connectivity index (χ0v) is 8.24. The van der Waals surface area contributed by atoms with Crippen LogP contribution >= 0.6 is 0 Å². The SMILES string of the molecule is C[C@@H]1CC(=O)C(C(C)(C)O)=C[C@H]1O. The van der Waals surface area contributed by atoms with E-state index < -0.39 is 11.7 Å². The molecule has 2 atom stereocenters. The Morgan fingerprint density at radius 1 is 1.54 bits per heavy atom. The molecule has 0 aliphatic heterocycles. The van der Waals surface area contributed by atoms with E-state index in [2.05, 4.69) is 0 Å². The van der Waals surface area contributed by atoms with Gasteiger partial charge in [0, 0.05) is 12.0 Å². The highest BCUT2D eigenvalue weighted by Crippen LogP contribution is 2.27. The molecule has 1 aliphatic carbocycles. The highest BCUT2D eigenvalue weighted by Gasteiger charge is 2.32. The first-order valence-electron chi connectivity index (χ1n) is 4.48. The van der Waals surface area contributed by atoms with Crippen molar-refractivity contribution in [2.75, 3.05) is 0 Å². The molecule has 74 valence electrons. The van der Waals surface area contributed by atoms with Gasteiger partial charge in [-0.15, -0.1) is 0 Å². The first kappa shape index (κ1) is 10.4. The normalized spacial score (nSPS) is 30.2. The molecule has 13 heavy (non-hydrogen) atoms. The Kier molecular flexibility index (Phi) is 2.59. The van der Waals surface area contributed by atoms with Gasteiger partial charge in [-0.3, -0.25) is 4.79 Å². The standard InChI is InChI=1S/C10H16O3/c1-6-4-9(12)7(5-8(6)11)10(2,3)13/h5-6,8,11,13H,4H2,1-3H3/t6-,8-/m1/s1. The quantitative estimate of drug-likeness (QED) is 0.629. The largest absolute Gasteiger partial charge is 0.389 e. The number of hydrogen-bond donors (Lipinski definition) is 2. The van der Waals surface area contributed by atoms with Gasteiger partial charge in [0.1, 0.15) is 0 Å². The van der Waals surface area contributed by atoms with Crippen molar-refractivity contribution >= 4 is 5.78 Å². The van der Waals surface area contributed by atoms with Gasteiger partial charge in [0.25, 0.3) is 0 Å². The number of aliphatic hydroxyl groups is 2. The van der Waals surface area contributed by atoms with Gasteiger partial charge in [-0.1, -0.05) is 6.92 Å². The maximum Gasteiger partial charge on any atom is 0.161 e. The minimum absolute atomic E-state index is 0.0430. The molecule has 0 bridgehead atoms. The maximum absolute atomic E-state index is 11.5. The molecule has 0 saturated carbocycles. The fourth-order valence-corrected chi connectivity index (χ4v) is 1.50. The van der Waals surface area contributed by atoms with Gasteiger partial charge in [0.05, 0.1) is 11.7 Å². The van der Waals surface area contributed by atoms with Gasteiger partial charge in [-0.05, 0) is 25.8 Å². The molecule has 0 unspecified atom stereocenters. The Labute approximate surface area is 78.1 Å². The topological polar surface area (TPSA) is 57.5 Å². The molecule has 0 aromatic heterocycles. The van der Waals surface area contributed by atoms with E-state index in [-0.39, 0.29) is 11.7 Å². The number of rotatable bonds is 1. The van der Waals surface area contributed by atoms with Gasteiger partial charge < -0.3 is 10.2 Å². The summed E-state index contributed by atoms with van der Waals surface area (Å²) in [6, 6.07) is 0. The molecule has 1 rings (SSSR count). The van der Waals surface area contributed by atoms with E-state index in [0.29, 0.717) is 12.0 Å². The van der Waals surface area contributed by atoms with Crippen LogP contribution in [0.2, 0.25) is 0 Å². The molecule has 0 fully saturated rings. The molecular formula is C10H16O3.